The van der Waals surface area contributed by atoms with Gasteiger partial charge >= 0.3 is 0 Å². The molecule has 20 heavy (non-hydrogen) atoms. The average Bonchev–Trinajstić information content (AvgIpc) is 2.85. The van der Waals surface area contributed by atoms with Gasteiger partial charge in [-0.3, -0.25) is 4.79 Å². The summed E-state index contributed by atoms with van der Waals surface area (Å²) >= 11 is 0. The lowest BCUT2D eigenvalue weighted by Gasteiger charge is -2.13. The van der Waals surface area contributed by atoms with Crippen molar-refractivity contribution < 1.29 is 14.1 Å². The molecule has 0 aliphatic rings. The molecule has 1 aromatic heterocycles. The highest BCUT2D eigenvalue weighted by molar-refractivity contribution is 5.93. The van der Waals surface area contributed by atoms with Crippen molar-refractivity contribution in [1.29, 1.82) is 0 Å². The molecular formula is C15H18N2O3. The monoisotopic (exact) mass is 274 g/mol. The van der Waals surface area contributed by atoms with Crippen LogP contribution in [-0.2, 0) is 11.2 Å². The lowest BCUT2D eigenvalue weighted by atomic mass is 10.2. The van der Waals surface area contributed by atoms with Crippen LogP contribution in [0.25, 0.3) is 0 Å². The maximum Gasteiger partial charge on any atom is 0.266 e. The van der Waals surface area contributed by atoms with E-state index >= 15 is 0 Å². The molecule has 1 heterocycles. The second-order valence-electron chi connectivity index (χ2n) is 4.57. The Morgan fingerprint density at radius 2 is 2.10 bits per heavy atom. The van der Waals surface area contributed by atoms with E-state index < -0.39 is 6.10 Å². The summed E-state index contributed by atoms with van der Waals surface area (Å²) < 4.78 is 10.5. The largest absolute Gasteiger partial charge is 0.481 e. The molecule has 0 aliphatic carbocycles. The van der Waals surface area contributed by atoms with E-state index in [1.165, 1.54) is 5.56 Å². The summed E-state index contributed by atoms with van der Waals surface area (Å²) in [4.78, 5) is 11.9. The molecule has 0 saturated carbocycles. The van der Waals surface area contributed by atoms with Crippen molar-refractivity contribution in [3.8, 4) is 5.75 Å². The van der Waals surface area contributed by atoms with Gasteiger partial charge in [-0.2, -0.15) is 0 Å². The molecule has 0 bridgehead atoms. The third kappa shape index (κ3) is 3.60. The van der Waals surface area contributed by atoms with Gasteiger partial charge in [0.15, 0.2) is 11.9 Å². The highest BCUT2D eigenvalue weighted by atomic mass is 16.5. The molecular weight excluding hydrogens is 256 g/mol. The Kier molecular flexibility index (Phi) is 4.40. The molecule has 1 amide bonds. The number of amides is 1. The minimum absolute atomic E-state index is 0.266. The number of nitrogens with one attached hydrogen (secondary N) is 1. The van der Waals surface area contributed by atoms with Crippen molar-refractivity contribution in [2.75, 3.05) is 5.32 Å². The first kappa shape index (κ1) is 14.1. The zero-order valence-corrected chi connectivity index (χ0v) is 11.8. The van der Waals surface area contributed by atoms with Crippen molar-refractivity contribution in [3.05, 3.63) is 41.7 Å². The number of rotatable bonds is 5. The molecule has 5 heteroatoms. The van der Waals surface area contributed by atoms with Crippen LogP contribution >= 0.6 is 0 Å². The van der Waals surface area contributed by atoms with Crippen LogP contribution in [0.2, 0.25) is 0 Å². The van der Waals surface area contributed by atoms with Gasteiger partial charge in [-0.05, 0) is 38.0 Å². The molecule has 1 N–H and O–H groups in total. The number of carbonyl (C=O) groups is 1. The van der Waals surface area contributed by atoms with Crippen molar-refractivity contribution in [1.82, 2.24) is 5.16 Å². The number of hydrogen-bond donors (Lipinski definition) is 1. The second kappa shape index (κ2) is 6.23. The van der Waals surface area contributed by atoms with E-state index in [9.17, 15) is 4.79 Å². The highest BCUT2D eigenvalue weighted by Crippen LogP contribution is 2.15. The molecule has 0 saturated heterocycles. The molecule has 106 valence electrons. The fraction of sp³-hybridized carbons (Fsp3) is 0.333. The Morgan fingerprint density at radius 1 is 1.40 bits per heavy atom. The van der Waals surface area contributed by atoms with E-state index in [1.807, 2.05) is 24.3 Å². The molecule has 0 spiro atoms. The second-order valence-corrected chi connectivity index (χ2v) is 4.57. The van der Waals surface area contributed by atoms with Crippen LogP contribution in [-0.4, -0.2) is 17.2 Å². The van der Waals surface area contributed by atoms with E-state index in [0.29, 0.717) is 17.3 Å². The van der Waals surface area contributed by atoms with Crippen LogP contribution < -0.4 is 10.1 Å². The van der Waals surface area contributed by atoms with E-state index in [2.05, 4.69) is 17.4 Å². The van der Waals surface area contributed by atoms with Crippen molar-refractivity contribution >= 4 is 11.7 Å². The number of nitrogens with zero attached hydrogens (tertiary/aromatic N) is 1. The Balaban J connectivity index is 1.92. The Hall–Kier alpha value is -2.30. The van der Waals surface area contributed by atoms with Gasteiger partial charge in [0.25, 0.3) is 5.91 Å². The first-order chi connectivity index (χ1) is 9.58. The van der Waals surface area contributed by atoms with Gasteiger partial charge in [0, 0.05) is 6.07 Å². The summed E-state index contributed by atoms with van der Waals surface area (Å²) in [7, 11) is 0. The Morgan fingerprint density at radius 3 is 2.65 bits per heavy atom. The van der Waals surface area contributed by atoms with Crippen LogP contribution in [0.1, 0.15) is 25.2 Å². The molecule has 0 fully saturated rings. The summed E-state index contributed by atoms with van der Waals surface area (Å²) in [6.45, 7) is 5.54. The minimum atomic E-state index is -0.612. The van der Waals surface area contributed by atoms with Crippen LogP contribution in [0.3, 0.4) is 0 Å². The standard InChI is InChI=1S/C15H18N2O3/c1-4-12-5-7-13(8-6-12)19-11(3)15(18)16-14-9-10(2)20-17-14/h5-9,11H,4H2,1-3H3,(H,16,17,18)/t11-/m0/s1. The fourth-order valence-corrected chi connectivity index (χ4v) is 1.71. The SMILES string of the molecule is CCc1ccc(O[C@@H](C)C(=O)Nc2cc(C)on2)cc1. The van der Waals surface area contributed by atoms with Gasteiger partial charge in [-0.25, -0.2) is 0 Å². The van der Waals surface area contributed by atoms with Gasteiger partial charge < -0.3 is 14.6 Å². The van der Waals surface area contributed by atoms with Gasteiger partial charge in [-0.15, -0.1) is 0 Å². The third-order valence-electron chi connectivity index (χ3n) is 2.89. The van der Waals surface area contributed by atoms with Gasteiger partial charge in [0.2, 0.25) is 0 Å². The summed E-state index contributed by atoms with van der Waals surface area (Å²) in [5, 5.41) is 6.34. The summed E-state index contributed by atoms with van der Waals surface area (Å²) in [5.41, 5.74) is 1.23. The first-order valence-corrected chi connectivity index (χ1v) is 6.58. The molecule has 0 radical (unpaired) electrons. The summed E-state index contributed by atoms with van der Waals surface area (Å²) in [5.74, 6) is 1.44. The van der Waals surface area contributed by atoms with E-state index in [0.717, 1.165) is 6.42 Å². The minimum Gasteiger partial charge on any atom is -0.481 e. The Bertz CT molecular complexity index is 575. The number of ether oxygens (including phenoxy) is 1. The topological polar surface area (TPSA) is 64.4 Å². The molecule has 1 aromatic carbocycles. The predicted molar refractivity (Wildman–Crippen MR) is 75.8 cm³/mol. The van der Waals surface area contributed by atoms with Crippen molar-refractivity contribution in [2.45, 2.75) is 33.3 Å². The normalized spacial score (nSPS) is 11.9. The summed E-state index contributed by atoms with van der Waals surface area (Å²) in [6, 6.07) is 9.36. The van der Waals surface area contributed by atoms with Gasteiger partial charge in [0.05, 0.1) is 0 Å². The predicted octanol–water partition coefficient (Wildman–Crippen LogP) is 2.95. The number of benzene rings is 1. The fourth-order valence-electron chi connectivity index (χ4n) is 1.71. The number of carbonyl (C=O) groups excluding carboxylic acids is 1. The maximum absolute atomic E-state index is 11.9. The average molecular weight is 274 g/mol. The lowest BCUT2D eigenvalue weighted by molar-refractivity contribution is -0.122. The zero-order chi connectivity index (χ0) is 14.5. The van der Waals surface area contributed by atoms with E-state index in [4.69, 9.17) is 9.26 Å². The smallest absolute Gasteiger partial charge is 0.266 e. The van der Waals surface area contributed by atoms with Crippen LogP contribution in [0, 0.1) is 6.92 Å². The number of aryl methyl sites for hydroxylation is 2. The van der Waals surface area contributed by atoms with Crippen molar-refractivity contribution in [3.63, 3.8) is 0 Å². The quantitative estimate of drug-likeness (QED) is 0.910. The highest BCUT2D eigenvalue weighted by Gasteiger charge is 2.16. The molecule has 2 aromatic rings. The number of aromatic nitrogens is 1. The molecule has 0 unspecified atom stereocenters. The number of hydrogen-bond acceptors (Lipinski definition) is 4. The van der Waals surface area contributed by atoms with Gasteiger partial charge in [0.1, 0.15) is 11.5 Å². The van der Waals surface area contributed by atoms with Crippen LogP contribution in [0.5, 0.6) is 5.75 Å². The first-order valence-electron chi connectivity index (χ1n) is 6.58. The Labute approximate surface area is 117 Å². The lowest BCUT2D eigenvalue weighted by Crippen LogP contribution is -2.30. The number of anilines is 1. The van der Waals surface area contributed by atoms with Crippen molar-refractivity contribution in [2.24, 2.45) is 0 Å². The maximum atomic E-state index is 11.9. The molecule has 2 rings (SSSR count). The zero-order valence-electron chi connectivity index (χ0n) is 11.8. The molecule has 5 nitrogen and oxygen atoms in total. The van der Waals surface area contributed by atoms with Gasteiger partial charge in [-0.1, -0.05) is 24.2 Å². The van der Waals surface area contributed by atoms with E-state index in [-0.39, 0.29) is 5.91 Å². The molecule has 0 aliphatic heterocycles. The van der Waals surface area contributed by atoms with Crippen LogP contribution in [0.15, 0.2) is 34.9 Å². The third-order valence-corrected chi connectivity index (χ3v) is 2.89. The molecule has 1 atom stereocenters. The van der Waals surface area contributed by atoms with Crippen LogP contribution in [0.4, 0.5) is 5.82 Å². The van der Waals surface area contributed by atoms with E-state index in [1.54, 1.807) is 19.9 Å². The summed E-state index contributed by atoms with van der Waals surface area (Å²) in [6.07, 6.45) is 0.362.